The van der Waals surface area contributed by atoms with Gasteiger partial charge in [-0.25, -0.2) is 0 Å². The zero-order chi connectivity index (χ0) is 15.8. The zero-order valence-electron chi connectivity index (χ0n) is 13.9. The monoisotopic (exact) mass is 293 g/mol. The van der Waals surface area contributed by atoms with Crippen LogP contribution in [0, 0.1) is 6.92 Å². The van der Waals surface area contributed by atoms with E-state index in [2.05, 4.69) is 37.4 Å². The molecular weight excluding hydrogens is 262 g/mol. The Bertz CT molecular complexity index is 374. The second-order valence-corrected chi connectivity index (χ2v) is 4.63. The SMILES string of the molecule is CC.CC.CCc1csc(CN)c1.Cc1ccccc1. The fourth-order valence-corrected chi connectivity index (χ4v) is 2.11. The quantitative estimate of drug-likeness (QED) is 0.742. The minimum absolute atomic E-state index is 0.685. The molecule has 0 aliphatic carbocycles. The van der Waals surface area contributed by atoms with Crippen molar-refractivity contribution in [1.82, 2.24) is 0 Å². The molecule has 0 radical (unpaired) electrons. The van der Waals surface area contributed by atoms with E-state index in [4.69, 9.17) is 5.73 Å². The third-order valence-corrected chi connectivity index (χ3v) is 3.27. The molecule has 1 nitrogen and oxygen atoms in total. The molecule has 0 bridgehead atoms. The number of hydrogen-bond acceptors (Lipinski definition) is 2. The normalized spacial score (nSPS) is 8.15. The highest BCUT2D eigenvalue weighted by molar-refractivity contribution is 7.10. The van der Waals surface area contributed by atoms with Crippen molar-refractivity contribution in [1.29, 1.82) is 0 Å². The fraction of sp³-hybridized carbons (Fsp3) is 0.444. The molecule has 0 fully saturated rings. The van der Waals surface area contributed by atoms with Crippen LogP contribution in [-0.2, 0) is 13.0 Å². The van der Waals surface area contributed by atoms with Gasteiger partial charge in [-0.15, -0.1) is 11.3 Å². The summed E-state index contributed by atoms with van der Waals surface area (Å²) >= 11 is 1.75. The van der Waals surface area contributed by atoms with E-state index in [-0.39, 0.29) is 0 Å². The van der Waals surface area contributed by atoms with E-state index in [0.717, 1.165) is 6.42 Å². The molecule has 2 N–H and O–H groups in total. The maximum Gasteiger partial charge on any atom is 0.0273 e. The third-order valence-electron chi connectivity index (χ3n) is 2.26. The minimum atomic E-state index is 0.685. The topological polar surface area (TPSA) is 26.0 Å². The minimum Gasteiger partial charge on any atom is -0.326 e. The van der Waals surface area contributed by atoms with Crippen LogP contribution in [0.4, 0.5) is 0 Å². The summed E-state index contributed by atoms with van der Waals surface area (Å²) in [5.74, 6) is 0. The van der Waals surface area contributed by atoms with Crippen molar-refractivity contribution in [2.24, 2.45) is 5.73 Å². The lowest BCUT2D eigenvalue weighted by Gasteiger charge is -1.83. The van der Waals surface area contributed by atoms with Crippen LogP contribution in [0.25, 0.3) is 0 Å². The summed E-state index contributed by atoms with van der Waals surface area (Å²) in [5.41, 5.74) is 8.15. The summed E-state index contributed by atoms with van der Waals surface area (Å²) in [4.78, 5) is 1.28. The Morgan fingerprint density at radius 2 is 1.55 bits per heavy atom. The summed E-state index contributed by atoms with van der Waals surface area (Å²) in [6.45, 7) is 12.9. The average Bonchev–Trinajstić information content (AvgIpc) is 3.01. The standard InChI is InChI=1S/C7H11NS.C7H8.2C2H6/c1-2-6-3-7(4-8)9-5-6;1-7-5-3-2-4-6-7;2*1-2/h3,5H,2,4,8H2,1H3;2-6H,1H3;2*1-2H3. The molecule has 0 aliphatic heterocycles. The maximum atomic E-state index is 5.43. The van der Waals surface area contributed by atoms with E-state index in [9.17, 15) is 0 Å². The van der Waals surface area contributed by atoms with Crippen LogP contribution in [0.5, 0.6) is 0 Å². The molecule has 1 heterocycles. The van der Waals surface area contributed by atoms with Gasteiger partial charge in [-0.3, -0.25) is 0 Å². The van der Waals surface area contributed by atoms with Gasteiger partial charge in [-0.2, -0.15) is 0 Å². The van der Waals surface area contributed by atoms with Crippen LogP contribution in [0.15, 0.2) is 41.8 Å². The van der Waals surface area contributed by atoms with E-state index in [1.165, 1.54) is 16.0 Å². The van der Waals surface area contributed by atoms with Gasteiger partial charge in [0.2, 0.25) is 0 Å². The molecule has 1 aromatic carbocycles. The predicted octanol–water partition coefficient (Wildman–Crippen LogP) is 5.82. The van der Waals surface area contributed by atoms with E-state index in [0.29, 0.717) is 6.54 Å². The van der Waals surface area contributed by atoms with Gasteiger partial charge in [0.1, 0.15) is 0 Å². The molecule has 0 amide bonds. The van der Waals surface area contributed by atoms with Crippen LogP contribution in [-0.4, -0.2) is 0 Å². The Balaban J connectivity index is 0. The lowest BCUT2D eigenvalue weighted by molar-refractivity contribution is 1.09. The Morgan fingerprint density at radius 1 is 1.00 bits per heavy atom. The molecule has 0 unspecified atom stereocenters. The summed E-state index contributed by atoms with van der Waals surface area (Å²) < 4.78 is 0. The van der Waals surface area contributed by atoms with Crippen molar-refractivity contribution in [2.75, 3.05) is 0 Å². The van der Waals surface area contributed by atoms with Crippen molar-refractivity contribution in [3.8, 4) is 0 Å². The Kier molecular flexibility index (Phi) is 16.9. The van der Waals surface area contributed by atoms with Crippen LogP contribution in [0.3, 0.4) is 0 Å². The zero-order valence-corrected chi connectivity index (χ0v) is 14.8. The number of thiophene rings is 1. The molecule has 20 heavy (non-hydrogen) atoms. The molecule has 2 heteroatoms. The molecule has 0 saturated heterocycles. The van der Waals surface area contributed by atoms with Gasteiger partial charge in [0.25, 0.3) is 0 Å². The highest BCUT2D eigenvalue weighted by Crippen LogP contribution is 2.13. The van der Waals surface area contributed by atoms with E-state index in [1.807, 2.05) is 45.9 Å². The van der Waals surface area contributed by atoms with Crippen molar-refractivity contribution in [2.45, 2.75) is 54.5 Å². The Labute approximate surface area is 129 Å². The van der Waals surface area contributed by atoms with Gasteiger partial charge >= 0.3 is 0 Å². The smallest absolute Gasteiger partial charge is 0.0273 e. The van der Waals surface area contributed by atoms with Crippen molar-refractivity contribution in [3.05, 3.63) is 57.8 Å². The highest BCUT2D eigenvalue weighted by Gasteiger charge is 1.93. The van der Waals surface area contributed by atoms with Crippen molar-refractivity contribution < 1.29 is 0 Å². The molecule has 0 aliphatic rings. The lowest BCUT2D eigenvalue weighted by Crippen LogP contribution is -1.91. The van der Waals surface area contributed by atoms with Gasteiger partial charge in [-0.1, -0.05) is 70.5 Å². The van der Waals surface area contributed by atoms with E-state index < -0.39 is 0 Å². The van der Waals surface area contributed by atoms with Crippen LogP contribution in [0.2, 0.25) is 0 Å². The highest BCUT2D eigenvalue weighted by atomic mass is 32.1. The predicted molar refractivity (Wildman–Crippen MR) is 95.5 cm³/mol. The summed E-state index contributed by atoms with van der Waals surface area (Å²) in [5, 5.41) is 2.17. The molecule has 0 spiro atoms. The van der Waals surface area contributed by atoms with Crippen LogP contribution in [0.1, 0.15) is 50.6 Å². The molecular formula is C18H31NS. The third kappa shape index (κ3) is 10.8. The first-order valence-corrected chi connectivity index (χ1v) is 8.42. The van der Waals surface area contributed by atoms with Gasteiger partial charge in [0.15, 0.2) is 0 Å². The van der Waals surface area contributed by atoms with Crippen LogP contribution >= 0.6 is 11.3 Å². The first kappa shape index (κ1) is 21.2. The molecule has 0 saturated carbocycles. The number of rotatable bonds is 2. The second kappa shape index (κ2) is 15.9. The number of nitrogens with two attached hydrogens (primary N) is 1. The molecule has 114 valence electrons. The maximum absolute atomic E-state index is 5.43. The Hall–Kier alpha value is -1.12. The number of aryl methyl sites for hydroxylation is 2. The molecule has 2 rings (SSSR count). The average molecular weight is 294 g/mol. The van der Waals surface area contributed by atoms with Crippen LogP contribution < -0.4 is 5.73 Å². The van der Waals surface area contributed by atoms with Gasteiger partial charge in [-0.05, 0) is 30.4 Å². The first-order chi connectivity index (χ1) is 9.76. The number of hydrogen-bond donors (Lipinski definition) is 1. The molecule has 0 atom stereocenters. The summed E-state index contributed by atoms with van der Waals surface area (Å²) in [7, 11) is 0. The van der Waals surface area contributed by atoms with Gasteiger partial charge < -0.3 is 5.73 Å². The lowest BCUT2D eigenvalue weighted by atomic mass is 10.2. The number of benzene rings is 1. The van der Waals surface area contributed by atoms with Crippen molar-refractivity contribution >= 4 is 11.3 Å². The first-order valence-electron chi connectivity index (χ1n) is 7.54. The van der Waals surface area contributed by atoms with Gasteiger partial charge in [0, 0.05) is 11.4 Å². The summed E-state index contributed by atoms with van der Waals surface area (Å²) in [6.07, 6.45) is 1.12. The largest absolute Gasteiger partial charge is 0.326 e. The van der Waals surface area contributed by atoms with E-state index in [1.54, 1.807) is 11.3 Å². The summed E-state index contributed by atoms with van der Waals surface area (Å²) in [6, 6.07) is 12.4. The van der Waals surface area contributed by atoms with E-state index >= 15 is 0 Å². The van der Waals surface area contributed by atoms with Gasteiger partial charge in [0.05, 0.1) is 0 Å². The second-order valence-electron chi connectivity index (χ2n) is 3.63. The molecule has 2 aromatic rings. The fourth-order valence-electron chi connectivity index (χ4n) is 1.25. The van der Waals surface area contributed by atoms with Crippen molar-refractivity contribution in [3.63, 3.8) is 0 Å². The molecule has 1 aromatic heterocycles. The Morgan fingerprint density at radius 3 is 1.80 bits per heavy atom.